The number of ether oxygens (including phenoxy) is 1. The third-order valence-electron chi connectivity index (χ3n) is 6.35. The van der Waals surface area contributed by atoms with E-state index in [0.29, 0.717) is 6.61 Å². The summed E-state index contributed by atoms with van der Waals surface area (Å²) in [5.41, 5.74) is -0.691. The van der Waals surface area contributed by atoms with Crippen LogP contribution in [0.5, 0.6) is 0 Å². The number of hydrogen-bond donors (Lipinski definition) is 0. The Hall–Kier alpha value is -2.17. The molecule has 4 heteroatoms. The fourth-order valence-corrected chi connectivity index (χ4v) is 7.35. The highest BCUT2D eigenvalue weighted by molar-refractivity contribution is 7.97. The molecule has 1 saturated heterocycles. The fourth-order valence-electron chi connectivity index (χ4n) is 4.73. The maximum Gasteiger partial charge on any atom is 0.161 e. The minimum Gasteiger partial charge on any atom is -0.860 e. The molecule has 2 aromatic carbocycles. The topological polar surface area (TPSA) is 35.5 Å². The molecule has 0 spiro atoms. The summed E-state index contributed by atoms with van der Waals surface area (Å²) in [4.78, 5) is 4.50. The molecule has 0 unspecified atom stereocenters. The van der Waals surface area contributed by atoms with Crippen LogP contribution in [0, 0.1) is 11.3 Å². The molecule has 0 bridgehead atoms. The lowest BCUT2D eigenvalue weighted by atomic mass is 9.86. The van der Waals surface area contributed by atoms with Gasteiger partial charge in [0.25, 0.3) is 0 Å². The monoisotopic (exact) mass is 421 g/mol. The minimum atomic E-state index is -0.650. The number of hydrogen-bond acceptors (Lipinski definition) is 3. The van der Waals surface area contributed by atoms with Gasteiger partial charge < -0.3 is 14.7 Å². The Morgan fingerprint density at radius 2 is 1.63 bits per heavy atom. The first-order valence-electron chi connectivity index (χ1n) is 10.6. The first-order chi connectivity index (χ1) is 14.3. The second-order valence-electron chi connectivity index (χ2n) is 9.31. The van der Waals surface area contributed by atoms with E-state index in [4.69, 9.17) is 4.74 Å². The SMILES string of the molecule is C=C[C@H]([C@@H]1C=C([O-])N2[C@@H](C(C)(C)C)CO[C@]12C)[S+](c1ccccc1)c1ccccc1. The third-order valence-corrected chi connectivity index (χ3v) is 8.94. The molecule has 0 radical (unpaired) electrons. The van der Waals surface area contributed by atoms with Gasteiger partial charge in [-0.2, -0.15) is 0 Å². The first kappa shape index (κ1) is 21.1. The standard InChI is InChI=1S/C26H31NO2S/c1-6-22(30(19-13-9-7-10-14-19)20-15-11-8-12-16-20)21-17-24(28)27-23(25(2,3)4)18-29-26(21,27)5/h6-17,21-23H,1,18H2,2-5H3/t21-,22+,23+,26+/m0/s1. The second kappa shape index (κ2) is 7.82. The summed E-state index contributed by atoms with van der Waals surface area (Å²) >= 11 is 0. The van der Waals surface area contributed by atoms with Crippen LogP contribution in [0.2, 0.25) is 0 Å². The molecule has 1 fully saturated rings. The van der Waals surface area contributed by atoms with Crippen LogP contribution < -0.4 is 5.11 Å². The average Bonchev–Trinajstić information content (AvgIpc) is 3.21. The Morgan fingerprint density at radius 3 is 2.10 bits per heavy atom. The number of fused-ring (bicyclic) bond motifs is 1. The molecule has 158 valence electrons. The van der Waals surface area contributed by atoms with Crippen molar-refractivity contribution in [2.75, 3.05) is 6.61 Å². The van der Waals surface area contributed by atoms with Crippen molar-refractivity contribution in [1.29, 1.82) is 0 Å². The molecule has 4 atom stereocenters. The summed E-state index contributed by atoms with van der Waals surface area (Å²) < 4.78 is 6.42. The van der Waals surface area contributed by atoms with Crippen LogP contribution in [-0.4, -0.2) is 28.5 Å². The van der Waals surface area contributed by atoms with Crippen molar-refractivity contribution in [3.63, 3.8) is 0 Å². The lowest BCUT2D eigenvalue weighted by molar-refractivity contribution is -0.342. The van der Waals surface area contributed by atoms with Gasteiger partial charge >= 0.3 is 0 Å². The van der Waals surface area contributed by atoms with E-state index < -0.39 is 5.72 Å². The summed E-state index contributed by atoms with van der Waals surface area (Å²) in [6, 6.07) is 21.2. The number of nitrogens with zero attached hydrogens (tertiary/aromatic N) is 1. The van der Waals surface area contributed by atoms with Crippen LogP contribution in [0.25, 0.3) is 0 Å². The predicted molar refractivity (Wildman–Crippen MR) is 122 cm³/mol. The van der Waals surface area contributed by atoms with E-state index >= 15 is 0 Å². The molecular weight excluding hydrogens is 390 g/mol. The molecule has 0 aliphatic carbocycles. The van der Waals surface area contributed by atoms with E-state index in [1.807, 2.05) is 29.2 Å². The van der Waals surface area contributed by atoms with E-state index in [0.717, 1.165) is 0 Å². The van der Waals surface area contributed by atoms with E-state index in [9.17, 15) is 5.11 Å². The lowest BCUT2D eigenvalue weighted by Gasteiger charge is -2.44. The van der Waals surface area contributed by atoms with Gasteiger partial charge in [0.1, 0.15) is 5.72 Å². The molecule has 0 amide bonds. The number of benzene rings is 2. The highest BCUT2D eigenvalue weighted by Crippen LogP contribution is 2.50. The van der Waals surface area contributed by atoms with E-state index in [-0.39, 0.29) is 39.4 Å². The van der Waals surface area contributed by atoms with Crippen LogP contribution in [0.1, 0.15) is 27.7 Å². The summed E-state index contributed by atoms with van der Waals surface area (Å²) in [5, 5.41) is 13.3. The van der Waals surface area contributed by atoms with E-state index in [2.05, 4.69) is 82.8 Å². The largest absolute Gasteiger partial charge is 0.860 e. The van der Waals surface area contributed by atoms with Crippen molar-refractivity contribution in [3.8, 4) is 0 Å². The van der Waals surface area contributed by atoms with Crippen LogP contribution in [0.4, 0.5) is 0 Å². The normalized spacial score (nSPS) is 27.1. The highest BCUT2D eigenvalue weighted by atomic mass is 32.2. The quantitative estimate of drug-likeness (QED) is 0.524. The molecule has 2 aliphatic heterocycles. The molecular formula is C26H31NO2S. The van der Waals surface area contributed by atoms with Gasteiger partial charge in [-0.15, -0.1) is 0 Å². The van der Waals surface area contributed by atoms with Gasteiger partial charge in [0.05, 0.1) is 29.5 Å². The molecule has 2 heterocycles. The van der Waals surface area contributed by atoms with Gasteiger partial charge in [0.2, 0.25) is 0 Å². The highest BCUT2D eigenvalue weighted by Gasteiger charge is 2.59. The van der Waals surface area contributed by atoms with Gasteiger partial charge in [-0.25, -0.2) is 0 Å². The van der Waals surface area contributed by atoms with Crippen molar-refractivity contribution in [3.05, 3.63) is 85.3 Å². The maximum atomic E-state index is 13.2. The average molecular weight is 422 g/mol. The summed E-state index contributed by atoms with van der Waals surface area (Å²) in [6.45, 7) is 13.4. The Kier molecular flexibility index (Phi) is 5.50. The lowest BCUT2D eigenvalue weighted by Crippen LogP contribution is -2.53. The smallest absolute Gasteiger partial charge is 0.161 e. The van der Waals surface area contributed by atoms with E-state index in [1.165, 1.54) is 9.79 Å². The van der Waals surface area contributed by atoms with Crippen molar-refractivity contribution in [2.24, 2.45) is 11.3 Å². The molecule has 2 aromatic rings. The van der Waals surface area contributed by atoms with Gasteiger partial charge in [-0.1, -0.05) is 69.8 Å². The zero-order valence-corrected chi connectivity index (χ0v) is 19.1. The Bertz CT molecular complexity index is 882. The predicted octanol–water partition coefficient (Wildman–Crippen LogP) is 4.57. The van der Waals surface area contributed by atoms with Crippen molar-refractivity contribution in [2.45, 2.75) is 54.5 Å². The van der Waals surface area contributed by atoms with Gasteiger partial charge in [0, 0.05) is 0 Å². The fraction of sp³-hybridized carbons (Fsp3) is 0.385. The van der Waals surface area contributed by atoms with Gasteiger partial charge in [-0.05, 0) is 48.6 Å². The Labute approximate surface area is 183 Å². The second-order valence-corrected chi connectivity index (χ2v) is 11.5. The zero-order chi connectivity index (χ0) is 21.5. The first-order valence-corrected chi connectivity index (χ1v) is 11.8. The van der Waals surface area contributed by atoms with Crippen LogP contribution in [-0.2, 0) is 15.6 Å². The Balaban J connectivity index is 1.78. The summed E-state index contributed by atoms with van der Waals surface area (Å²) in [7, 11) is -0.270. The molecule has 0 aromatic heterocycles. The summed E-state index contributed by atoms with van der Waals surface area (Å²) in [5.74, 6) is 0.00930. The molecule has 2 aliphatic rings. The van der Waals surface area contributed by atoms with Gasteiger partial charge in [-0.3, -0.25) is 0 Å². The van der Waals surface area contributed by atoms with Crippen molar-refractivity contribution in [1.82, 2.24) is 4.90 Å². The molecule has 4 rings (SSSR count). The van der Waals surface area contributed by atoms with Gasteiger partial charge in [0.15, 0.2) is 15.0 Å². The molecule has 3 nitrogen and oxygen atoms in total. The van der Waals surface area contributed by atoms with Crippen LogP contribution >= 0.6 is 0 Å². The van der Waals surface area contributed by atoms with E-state index in [1.54, 1.807) is 0 Å². The van der Waals surface area contributed by atoms with Crippen molar-refractivity contribution >= 4 is 10.9 Å². The minimum absolute atomic E-state index is 0.0413. The molecule has 0 N–H and O–H groups in total. The van der Waals surface area contributed by atoms with Crippen LogP contribution in [0.3, 0.4) is 0 Å². The molecule has 0 saturated carbocycles. The maximum absolute atomic E-state index is 13.2. The Morgan fingerprint density at radius 1 is 1.10 bits per heavy atom. The third kappa shape index (κ3) is 3.46. The summed E-state index contributed by atoms with van der Waals surface area (Å²) in [6.07, 6.45) is 3.91. The molecule has 30 heavy (non-hydrogen) atoms. The van der Waals surface area contributed by atoms with Crippen LogP contribution in [0.15, 0.2) is 95.1 Å². The number of rotatable bonds is 5. The van der Waals surface area contributed by atoms with Crippen molar-refractivity contribution < 1.29 is 9.84 Å². The zero-order valence-electron chi connectivity index (χ0n) is 18.2.